The third kappa shape index (κ3) is 4.61. The normalized spacial score (nSPS) is 17.1. The monoisotopic (exact) mass is 390 g/mol. The Bertz CT molecular complexity index is 744. The average Bonchev–Trinajstić information content (AvgIpc) is 3.22. The molecule has 27 heavy (non-hydrogen) atoms. The third-order valence-electron chi connectivity index (χ3n) is 4.75. The summed E-state index contributed by atoms with van der Waals surface area (Å²) in [5, 5.41) is 5.23. The molecule has 2 atom stereocenters. The van der Waals surface area contributed by atoms with Gasteiger partial charge in [-0.3, -0.25) is 9.69 Å². The van der Waals surface area contributed by atoms with Crippen LogP contribution in [0.15, 0.2) is 35.7 Å². The van der Waals surface area contributed by atoms with Crippen LogP contribution in [0.5, 0.6) is 11.5 Å². The largest absolute Gasteiger partial charge is 0.493 e. The zero-order valence-electron chi connectivity index (χ0n) is 15.9. The number of hydrogen-bond acceptors (Lipinski definition) is 6. The lowest BCUT2D eigenvalue weighted by Crippen LogP contribution is -2.48. The van der Waals surface area contributed by atoms with Crippen molar-refractivity contribution in [2.75, 3.05) is 40.5 Å². The molecule has 0 saturated carbocycles. The minimum Gasteiger partial charge on any atom is -0.493 e. The topological polar surface area (TPSA) is 60.0 Å². The van der Waals surface area contributed by atoms with Crippen molar-refractivity contribution in [2.45, 2.75) is 19.0 Å². The number of amides is 1. The summed E-state index contributed by atoms with van der Waals surface area (Å²) in [5.41, 5.74) is 0.548. The number of carbonyl (C=O) groups excluding carboxylic acids is 1. The fraction of sp³-hybridized carbons (Fsp3) is 0.450. The van der Waals surface area contributed by atoms with E-state index in [0.717, 1.165) is 26.3 Å². The van der Waals surface area contributed by atoms with Crippen LogP contribution in [0.25, 0.3) is 0 Å². The maximum Gasteiger partial charge on any atom is 0.251 e. The van der Waals surface area contributed by atoms with E-state index in [4.69, 9.17) is 14.2 Å². The Balaban J connectivity index is 1.76. The number of nitrogens with zero attached hydrogens (tertiary/aromatic N) is 1. The van der Waals surface area contributed by atoms with Gasteiger partial charge < -0.3 is 19.5 Å². The summed E-state index contributed by atoms with van der Waals surface area (Å²) in [6.45, 7) is 5.22. The quantitative estimate of drug-likeness (QED) is 0.788. The minimum atomic E-state index is -0.127. The van der Waals surface area contributed by atoms with E-state index in [-0.39, 0.29) is 18.0 Å². The Labute approximate surface area is 164 Å². The number of nitrogens with one attached hydrogen (secondary N) is 1. The van der Waals surface area contributed by atoms with Crippen LogP contribution in [0.4, 0.5) is 0 Å². The number of morpholine rings is 1. The number of ether oxygens (including phenoxy) is 3. The van der Waals surface area contributed by atoms with E-state index in [2.05, 4.69) is 34.7 Å². The number of carbonyl (C=O) groups is 1. The molecular formula is C20H26N2O4S. The van der Waals surface area contributed by atoms with E-state index in [1.165, 1.54) is 4.88 Å². The van der Waals surface area contributed by atoms with Gasteiger partial charge in [0.25, 0.3) is 5.91 Å². The fourth-order valence-electron chi connectivity index (χ4n) is 3.40. The van der Waals surface area contributed by atoms with Crippen molar-refractivity contribution in [2.24, 2.45) is 0 Å². The third-order valence-corrected chi connectivity index (χ3v) is 5.69. The molecule has 1 fully saturated rings. The fourth-order valence-corrected chi connectivity index (χ4v) is 4.37. The van der Waals surface area contributed by atoms with Gasteiger partial charge in [-0.1, -0.05) is 6.07 Å². The van der Waals surface area contributed by atoms with E-state index in [1.807, 2.05) is 0 Å². The molecule has 1 aromatic heterocycles. The van der Waals surface area contributed by atoms with Crippen molar-refractivity contribution in [1.29, 1.82) is 0 Å². The van der Waals surface area contributed by atoms with E-state index < -0.39 is 0 Å². The van der Waals surface area contributed by atoms with Crippen molar-refractivity contribution in [3.63, 3.8) is 0 Å². The molecule has 7 heteroatoms. The highest BCUT2D eigenvalue weighted by atomic mass is 32.1. The van der Waals surface area contributed by atoms with E-state index in [1.54, 1.807) is 43.8 Å². The standard InChI is InChI=1S/C20H26N2O4S/c1-14(19(18-5-4-12-27-18)22-8-10-26-11-9-22)21-20(23)15-6-7-16(24-2)17(13-15)25-3/h4-7,12-14,19H,8-11H2,1-3H3,(H,21,23)/t14-,19+/m0/s1. The number of hydrogen-bond donors (Lipinski definition) is 1. The molecule has 6 nitrogen and oxygen atoms in total. The van der Waals surface area contributed by atoms with Gasteiger partial charge in [0.05, 0.1) is 33.5 Å². The van der Waals surface area contributed by atoms with E-state index in [0.29, 0.717) is 17.1 Å². The Kier molecular flexibility index (Phi) is 6.71. The van der Waals surface area contributed by atoms with Crippen molar-refractivity contribution < 1.29 is 19.0 Å². The molecule has 1 aliphatic heterocycles. The van der Waals surface area contributed by atoms with Gasteiger partial charge in [0.1, 0.15) is 0 Å². The second kappa shape index (κ2) is 9.21. The summed E-state index contributed by atoms with van der Waals surface area (Å²) >= 11 is 1.72. The summed E-state index contributed by atoms with van der Waals surface area (Å²) in [7, 11) is 3.14. The zero-order valence-corrected chi connectivity index (χ0v) is 16.8. The van der Waals surface area contributed by atoms with Crippen molar-refractivity contribution in [3.8, 4) is 11.5 Å². The van der Waals surface area contributed by atoms with E-state index in [9.17, 15) is 4.79 Å². The first-order valence-electron chi connectivity index (χ1n) is 9.02. The Hall–Kier alpha value is -2.09. The molecule has 0 spiro atoms. The molecule has 0 bridgehead atoms. The van der Waals surface area contributed by atoms with Crippen LogP contribution in [-0.2, 0) is 4.74 Å². The van der Waals surface area contributed by atoms with E-state index >= 15 is 0 Å². The maximum absolute atomic E-state index is 12.8. The van der Waals surface area contributed by atoms with Gasteiger partial charge in [0.2, 0.25) is 0 Å². The van der Waals surface area contributed by atoms with Gasteiger partial charge in [-0.25, -0.2) is 0 Å². The first-order valence-corrected chi connectivity index (χ1v) is 9.90. The second-order valence-electron chi connectivity index (χ2n) is 6.44. The molecule has 1 saturated heterocycles. The summed E-state index contributed by atoms with van der Waals surface area (Å²) in [5.74, 6) is 1.02. The number of thiophene rings is 1. The molecule has 0 unspecified atom stereocenters. The maximum atomic E-state index is 12.8. The second-order valence-corrected chi connectivity index (χ2v) is 7.42. The predicted octanol–water partition coefficient (Wildman–Crippen LogP) is 2.96. The summed E-state index contributed by atoms with van der Waals surface area (Å²) in [6.07, 6.45) is 0. The first-order chi connectivity index (χ1) is 13.1. The lowest BCUT2D eigenvalue weighted by molar-refractivity contribution is 0.00969. The van der Waals surface area contributed by atoms with Crippen molar-refractivity contribution in [3.05, 3.63) is 46.2 Å². The van der Waals surface area contributed by atoms with Gasteiger partial charge in [-0.05, 0) is 36.6 Å². The SMILES string of the molecule is COc1ccc(C(=O)N[C@@H](C)[C@H](c2cccs2)N2CCOCC2)cc1OC. The molecule has 2 heterocycles. The molecule has 2 aromatic rings. The highest BCUT2D eigenvalue weighted by Gasteiger charge is 2.29. The van der Waals surface area contributed by atoms with Gasteiger partial charge in [0, 0.05) is 29.6 Å². The van der Waals surface area contributed by atoms with Crippen LogP contribution in [0.2, 0.25) is 0 Å². The van der Waals surface area contributed by atoms with Crippen LogP contribution < -0.4 is 14.8 Å². The molecule has 1 N–H and O–H groups in total. The Morgan fingerprint density at radius 2 is 1.93 bits per heavy atom. The lowest BCUT2D eigenvalue weighted by Gasteiger charge is -2.37. The smallest absolute Gasteiger partial charge is 0.251 e. The molecule has 146 valence electrons. The van der Waals surface area contributed by atoms with Crippen LogP contribution >= 0.6 is 11.3 Å². The molecule has 1 aromatic carbocycles. The van der Waals surface area contributed by atoms with Crippen LogP contribution in [0.3, 0.4) is 0 Å². The van der Waals surface area contributed by atoms with Crippen LogP contribution in [-0.4, -0.2) is 57.4 Å². The molecule has 1 aliphatic rings. The average molecular weight is 391 g/mol. The Morgan fingerprint density at radius 3 is 2.56 bits per heavy atom. The van der Waals surface area contributed by atoms with Crippen LogP contribution in [0.1, 0.15) is 28.2 Å². The van der Waals surface area contributed by atoms with Gasteiger partial charge >= 0.3 is 0 Å². The number of benzene rings is 1. The Morgan fingerprint density at radius 1 is 1.19 bits per heavy atom. The summed E-state index contributed by atoms with van der Waals surface area (Å²) in [4.78, 5) is 16.5. The van der Waals surface area contributed by atoms with Crippen molar-refractivity contribution in [1.82, 2.24) is 10.2 Å². The predicted molar refractivity (Wildman–Crippen MR) is 106 cm³/mol. The number of rotatable bonds is 7. The van der Waals surface area contributed by atoms with Gasteiger partial charge in [-0.2, -0.15) is 0 Å². The first kappa shape index (κ1) is 19.7. The molecule has 0 aliphatic carbocycles. The van der Waals surface area contributed by atoms with Gasteiger partial charge in [-0.15, -0.1) is 11.3 Å². The lowest BCUT2D eigenvalue weighted by atomic mass is 10.0. The summed E-state index contributed by atoms with van der Waals surface area (Å²) < 4.78 is 16.0. The highest BCUT2D eigenvalue weighted by Crippen LogP contribution is 2.30. The zero-order chi connectivity index (χ0) is 19.2. The molecule has 0 radical (unpaired) electrons. The van der Waals surface area contributed by atoms with Crippen LogP contribution in [0, 0.1) is 0 Å². The molecular weight excluding hydrogens is 364 g/mol. The molecule has 1 amide bonds. The van der Waals surface area contributed by atoms with Crippen molar-refractivity contribution >= 4 is 17.2 Å². The minimum absolute atomic E-state index is 0.0534. The molecule has 3 rings (SSSR count). The highest BCUT2D eigenvalue weighted by molar-refractivity contribution is 7.10. The summed E-state index contributed by atoms with van der Waals surface area (Å²) in [6, 6.07) is 9.45. The number of methoxy groups -OCH3 is 2. The van der Waals surface area contributed by atoms with Gasteiger partial charge in [0.15, 0.2) is 11.5 Å².